The van der Waals surface area contributed by atoms with Crippen molar-refractivity contribution in [1.29, 1.82) is 0 Å². The molecule has 0 amide bonds. The largest absolute Gasteiger partial charge is 0.492 e. The Morgan fingerprint density at radius 3 is 2.48 bits per heavy atom. The summed E-state index contributed by atoms with van der Waals surface area (Å²) in [5.74, 6) is 4.89. The summed E-state index contributed by atoms with van der Waals surface area (Å²) in [7, 11) is 0. The Morgan fingerprint density at radius 1 is 1.09 bits per heavy atom. The molecule has 0 aromatic heterocycles. The second kappa shape index (κ2) is 5.64. The fourth-order valence-corrected chi connectivity index (χ4v) is 5.19. The summed E-state index contributed by atoms with van der Waals surface area (Å²) in [6.07, 6.45) is 2.85. The molecule has 4 aliphatic carbocycles. The Labute approximate surface area is 138 Å². The predicted octanol–water partition coefficient (Wildman–Crippen LogP) is 3.03. The van der Waals surface area contributed by atoms with Crippen molar-refractivity contribution in [1.82, 2.24) is 4.90 Å². The van der Waals surface area contributed by atoms with E-state index in [-0.39, 0.29) is 0 Å². The van der Waals surface area contributed by atoms with Gasteiger partial charge in [-0.15, -0.1) is 0 Å². The van der Waals surface area contributed by atoms with Crippen LogP contribution in [0.5, 0.6) is 0 Å². The fraction of sp³-hybridized carbons (Fsp3) is 0.600. The molecule has 1 saturated heterocycles. The maximum atomic E-state index is 6.41. The maximum absolute atomic E-state index is 6.41. The van der Waals surface area contributed by atoms with Gasteiger partial charge in [-0.1, -0.05) is 30.3 Å². The van der Waals surface area contributed by atoms with Crippen molar-refractivity contribution in [3.63, 3.8) is 0 Å². The molecule has 5 aliphatic rings. The lowest BCUT2D eigenvalue weighted by molar-refractivity contribution is 0.0304. The molecule has 1 aromatic rings. The lowest BCUT2D eigenvalue weighted by Gasteiger charge is -2.27. The van der Waals surface area contributed by atoms with Crippen molar-refractivity contribution in [2.45, 2.75) is 12.8 Å². The highest BCUT2D eigenvalue weighted by atomic mass is 16.5. The van der Waals surface area contributed by atoms with Crippen LogP contribution in [0.1, 0.15) is 18.4 Å². The molecule has 0 radical (unpaired) electrons. The first-order valence-electron chi connectivity index (χ1n) is 9.14. The molecule has 4 saturated carbocycles. The van der Waals surface area contributed by atoms with Gasteiger partial charge in [-0.2, -0.15) is 0 Å². The zero-order chi connectivity index (χ0) is 15.2. The first-order valence-corrected chi connectivity index (χ1v) is 9.14. The Hall–Kier alpha value is -1.32. The van der Waals surface area contributed by atoms with Gasteiger partial charge in [0.15, 0.2) is 0 Å². The average molecular weight is 311 g/mol. The van der Waals surface area contributed by atoms with Crippen LogP contribution in [0.15, 0.2) is 35.9 Å². The molecule has 5 fully saturated rings. The maximum Gasteiger partial charge on any atom is 0.126 e. The van der Waals surface area contributed by atoms with E-state index in [2.05, 4.69) is 35.2 Å². The van der Waals surface area contributed by atoms with Crippen LogP contribution in [0, 0.1) is 23.7 Å². The van der Waals surface area contributed by atoms with E-state index in [1.165, 1.54) is 24.2 Å². The third kappa shape index (κ3) is 2.41. The van der Waals surface area contributed by atoms with Crippen LogP contribution >= 0.6 is 0 Å². The number of ether oxygens (including phenoxy) is 2. The van der Waals surface area contributed by atoms with Gasteiger partial charge in [0.2, 0.25) is 0 Å². The zero-order valence-electron chi connectivity index (χ0n) is 13.6. The van der Waals surface area contributed by atoms with E-state index in [4.69, 9.17) is 9.47 Å². The van der Waals surface area contributed by atoms with Gasteiger partial charge in [-0.05, 0) is 42.1 Å². The average Bonchev–Trinajstić information content (AvgIpc) is 2.99. The highest BCUT2D eigenvalue weighted by Crippen LogP contribution is 2.74. The van der Waals surface area contributed by atoms with E-state index in [0.29, 0.717) is 0 Å². The SMILES string of the molecule is c1ccc(C(OCCN2CCOCC2)=C2C3CC4C(C3)C24)cc1. The number of hydrogen-bond acceptors (Lipinski definition) is 3. The van der Waals surface area contributed by atoms with Gasteiger partial charge in [0, 0.05) is 25.2 Å². The normalized spacial score (nSPS) is 37.0. The molecule has 2 atom stereocenters. The number of allylic oxidation sites excluding steroid dienone is 1. The molecule has 1 heterocycles. The van der Waals surface area contributed by atoms with Gasteiger partial charge in [0.1, 0.15) is 12.4 Å². The Morgan fingerprint density at radius 2 is 1.83 bits per heavy atom. The number of benzene rings is 1. The summed E-state index contributed by atoms with van der Waals surface area (Å²) in [5, 5.41) is 0. The molecular formula is C20H25NO2. The third-order valence-corrected chi connectivity index (χ3v) is 6.30. The second-order valence-electron chi connectivity index (χ2n) is 7.47. The molecule has 2 unspecified atom stereocenters. The van der Waals surface area contributed by atoms with E-state index >= 15 is 0 Å². The van der Waals surface area contributed by atoms with Crippen LogP contribution in [0.4, 0.5) is 0 Å². The Balaban J connectivity index is 1.33. The van der Waals surface area contributed by atoms with E-state index in [1.807, 2.05) is 0 Å². The summed E-state index contributed by atoms with van der Waals surface area (Å²) < 4.78 is 11.8. The van der Waals surface area contributed by atoms with Crippen LogP contribution < -0.4 is 0 Å². The summed E-state index contributed by atoms with van der Waals surface area (Å²) in [4.78, 5) is 2.45. The standard InChI is InChI=1S/C20H25NO2/c1-2-4-14(5-3-1)20(18-15-12-16-17(13-15)19(16)18)23-11-8-21-6-9-22-10-7-21/h1-5,15-17,19H,6-13H2. The van der Waals surface area contributed by atoms with E-state index in [1.54, 1.807) is 5.57 Å². The van der Waals surface area contributed by atoms with E-state index in [9.17, 15) is 0 Å². The highest BCUT2D eigenvalue weighted by Gasteiger charge is 2.66. The van der Waals surface area contributed by atoms with Crippen molar-refractivity contribution in [2.75, 3.05) is 39.5 Å². The third-order valence-electron chi connectivity index (χ3n) is 6.30. The molecule has 3 nitrogen and oxygen atoms in total. The minimum atomic E-state index is 0.794. The minimum absolute atomic E-state index is 0.794. The fourth-order valence-electron chi connectivity index (χ4n) is 5.19. The molecular weight excluding hydrogens is 286 g/mol. The van der Waals surface area contributed by atoms with Gasteiger partial charge < -0.3 is 9.47 Å². The summed E-state index contributed by atoms with van der Waals surface area (Å²) in [5.41, 5.74) is 2.94. The Kier molecular flexibility index (Phi) is 3.45. The Bertz CT molecular complexity index is 589. The van der Waals surface area contributed by atoms with Crippen LogP contribution in [0.2, 0.25) is 0 Å². The molecule has 122 valence electrons. The zero-order valence-corrected chi connectivity index (χ0v) is 13.6. The number of morpholine rings is 1. The summed E-state index contributed by atoms with van der Waals surface area (Å²) in [6.45, 7) is 5.60. The van der Waals surface area contributed by atoms with Gasteiger partial charge in [0.25, 0.3) is 0 Å². The van der Waals surface area contributed by atoms with E-state index < -0.39 is 0 Å². The van der Waals surface area contributed by atoms with Crippen LogP contribution in [0.3, 0.4) is 0 Å². The van der Waals surface area contributed by atoms with Crippen LogP contribution in [-0.2, 0) is 9.47 Å². The van der Waals surface area contributed by atoms with Crippen molar-refractivity contribution in [3.8, 4) is 0 Å². The molecule has 1 aliphatic heterocycles. The number of rotatable bonds is 5. The van der Waals surface area contributed by atoms with Gasteiger partial charge in [0.05, 0.1) is 13.2 Å². The first kappa shape index (κ1) is 14.1. The van der Waals surface area contributed by atoms with Gasteiger partial charge in [-0.25, -0.2) is 0 Å². The quantitative estimate of drug-likeness (QED) is 0.780. The van der Waals surface area contributed by atoms with Gasteiger partial charge in [-0.3, -0.25) is 4.90 Å². The summed E-state index contributed by atoms with van der Waals surface area (Å²) in [6, 6.07) is 10.8. The lowest BCUT2D eigenvalue weighted by Crippen LogP contribution is -2.38. The van der Waals surface area contributed by atoms with Crippen molar-refractivity contribution < 1.29 is 9.47 Å². The van der Waals surface area contributed by atoms with Crippen molar-refractivity contribution >= 4 is 5.76 Å². The van der Waals surface area contributed by atoms with Crippen LogP contribution in [0.25, 0.3) is 5.76 Å². The molecule has 1 aromatic carbocycles. The smallest absolute Gasteiger partial charge is 0.126 e. The lowest BCUT2D eigenvalue weighted by atomic mass is 10.0. The van der Waals surface area contributed by atoms with E-state index in [0.717, 1.165) is 63.1 Å². The molecule has 3 heteroatoms. The minimum Gasteiger partial charge on any atom is -0.492 e. The first-order chi connectivity index (χ1) is 11.4. The predicted molar refractivity (Wildman–Crippen MR) is 89.8 cm³/mol. The van der Waals surface area contributed by atoms with Crippen molar-refractivity contribution in [3.05, 3.63) is 41.5 Å². The monoisotopic (exact) mass is 311 g/mol. The number of nitrogens with zero attached hydrogens (tertiary/aromatic N) is 1. The molecule has 6 rings (SSSR count). The molecule has 23 heavy (non-hydrogen) atoms. The highest BCUT2D eigenvalue weighted by molar-refractivity contribution is 5.67. The van der Waals surface area contributed by atoms with Gasteiger partial charge >= 0.3 is 0 Å². The summed E-state index contributed by atoms with van der Waals surface area (Å²) >= 11 is 0. The van der Waals surface area contributed by atoms with Crippen molar-refractivity contribution in [2.24, 2.45) is 23.7 Å². The second-order valence-corrected chi connectivity index (χ2v) is 7.47. The molecule has 0 N–H and O–H groups in total. The molecule has 4 bridgehead atoms. The molecule has 0 spiro atoms. The van der Waals surface area contributed by atoms with Crippen LogP contribution in [-0.4, -0.2) is 44.4 Å². The topological polar surface area (TPSA) is 21.7 Å². The number of hydrogen-bond donors (Lipinski definition) is 0.